The third-order valence-corrected chi connectivity index (χ3v) is 2.93. The molecule has 0 aromatic carbocycles. The van der Waals surface area contributed by atoms with E-state index in [4.69, 9.17) is 4.74 Å². The monoisotopic (exact) mass is 243 g/mol. The van der Waals surface area contributed by atoms with Gasteiger partial charge in [0.1, 0.15) is 5.60 Å². The summed E-state index contributed by atoms with van der Waals surface area (Å²) in [6.45, 7) is 5.50. The standard InChI is InChI=1S/C13H25NO3/c1-13(2,3)17-12(16)14-10-8-6-4-5-7-9-11(10)15/h10-11,15H,4-9H2,1-3H3,(H,14,16)/t10-,11+/m1/s1. The van der Waals surface area contributed by atoms with Crippen LogP contribution in [0.3, 0.4) is 0 Å². The number of hydrogen-bond acceptors (Lipinski definition) is 3. The molecule has 4 heteroatoms. The number of carbonyl (C=O) groups is 1. The minimum atomic E-state index is -0.489. The van der Waals surface area contributed by atoms with E-state index in [-0.39, 0.29) is 6.04 Å². The molecule has 17 heavy (non-hydrogen) atoms. The first-order valence-electron chi connectivity index (χ1n) is 6.56. The summed E-state index contributed by atoms with van der Waals surface area (Å²) < 4.78 is 5.20. The maximum absolute atomic E-state index is 11.6. The molecule has 1 aliphatic rings. The van der Waals surface area contributed by atoms with Gasteiger partial charge >= 0.3 is 6.09 Å². The molecule has 0 spiro atoms. The van der Waals surface area contributed by atoms with E-state index in [1.54, 1.807) is 0 Å². The number of aliphatic hydroxyl groups is 1. The molecule has 0 aromatic rings. The number of hydrogen-bond donors (Lipinski definition) is 2. The average molecular weight is 243 g/mol. The highest BCUT2D eigenvalue weighted by molar-refractivity contribution is 5.68. The zero-order valence-electron chi connectivity index (χ0n) is 11.2. The largest absolute Gasteiger partial charge is 0.444 e. The van der Waals surface area contributed by atoms with Gasteiger partial charge in [-0.15, -0.1) is 0 Å². The Hall–Kier alpha value is -0.770. The lowest BCUT2D eigenvalue weighted by Crippen LogP contribution is -2.45. The van der Waals surface area contributed by atoms with Crippen molar-refractivity contribution in [1.29, 1.82) is 0 Å². The Kier molecular flexibility index (Phi) is 5.25. The van der Waals surface area contributed by atoms with Crippen molar-refractivity contribution >= 4 is 6.09 Å². The molecular formula is C13H25NO3. The molecule has 0 bridgehead atoms. The Morgan fingerprint density at radius 1 is 1.18 bits per heavy atom. The predicted octanol–water partition coefficient (Wildman–Crippen LogP) is 2.59. The van der Waals surface area contributed by atoms with E-state index in [0.717, 1.165) is 25.7 Å². The third-order valence-electron chi connectivity index (χ3n) is 2.93. The van der Waals surface area contributed by atoms with Gasteiger partial charge < -0.3 is 15.2 Å². The van der Waals surface area contributed by atoms with Crippen LogP contribution >= 0.6 is 0 Å². The first-order valence-corrected chi connectivity index (χ1v) is 6.56. The van der Waals surface area contributed by atoms with Crippen LogP contribution in [0, 0.1) is 0 Å². The van der Waals surface area contributed by atoms with Gasteiger partial charge in [-0.05, 0) is 33.6 Å². The van der Waals surface area contributed by atoms with E-state index in [9.17, 15) is 9.90 Å². The number of carbonyl (C=O) groups excluding carboxylic acids is 1. The van der Waals surface area contributed by atoms with Crippen LogP contribution in [0.25, 0.3) is 0 Å². The SMILES string of the molecule is CC(C)(C)OC(=O)N[C@@H]1CCCCCC[C@@H]1O. The Labute approximate surface area is 104 Å². The lowest BCUT2D eigenvalue weighted by molar-refractivity contribution is 0.0391. The molecule has 100 valence electrons. The molecular weight excluding hydrogens is 218 g/mol. The fourth-order valence-corrected chi connectivity index (χ4v) is 2.09. The normalized spacial score (nSPS) is 26.8. The molecule has 1 amide bonds. The molecule has 2 N–H and O–H groups in total. The van der Waals surface area contributed by atoms with Gasteiger partial charge in [-0.3, -0.25) is 0 Å². The zero-order chi connectivity index (χ0) is 12.9. The van der Waals surface area contributed by atoms with Crippen molar-refractivity contribution in [3.8, 4) is 0 Å². The summed E-state index contributed by atoms with van der Waals surface area (Å²) in [7, 11) is 0. The van der Waals surface area contributed by atoms with Crippen LogP contribution in [0.2, 0.25) is 0 Å². The van der Waals surface area contributed by atoms with E-state index in [1.165, 1.54) is 12.8 Å². The lowest BCUT2D eigenvalue weighted by atomic mass is 9.94. The summed E-state index contributed by atoms with van der Waals surface area (Å²) in [5.41, 5.74) is -0.489. The molecule has 0 radical (unpaired) electrons. The molecule has 1 fully saturated rings. The number of aliphatic hydroxyl groups excluding tert-OH is 1. The summed E-state index contributed by atoms with van der Waals surface area (Å²) in [4.78, 5) is 11.6. The van der Waals surface area contributed by atoms with Gasteiger partial charge in [0.25, 0.3) is 0 Å². The quantitative estimate of drug-likeness (QED) is 0.744. The molecule has 4 nitrogen and oxygen atoms in total. The molecule has 1 aliphatic carbocycles. The first-order chi connectivity index (χ1) is 7.88. The predicted molar refractivity (Wildman–Crippen MR) is 66.9 cm³/mol. The van der Waals surface area contributed by atoms with Crippen molar-refractivity contribution < 1.29 is 14.6 Å². The van der Waals surface area contributed by atoms with Gasteiger partial charge in [0, 0.05) is 0 Å². The number of rotatable bonds is 1. The Balaban J connectivity index is 2.43. The molecule has 0 saturated heterocycles. The van der Waals surface area contributed by atoms with Gasteiger partial charge in [-0.25, -0.2) is 4.79 Å². The fraction of sp³-hybridized carbons (Fsp3) is 0.923. The molecule has 0 aliphatic heterocycles. The summed E-state index contributed by atoms with van der Waals surface area (Å²) in [5, 5.41) is 12.7. The van der Waals surface area contributed by atoms with E-state index >= 15 is 0 Å². The lowest BCUT2D eigenvalue weighted by Gasteiger charge is -2.28. The van der Waals surface area contributed by atoms with Gasteiger partial charge in [-0.2, -0.15) is 0 Å². The highest BCUT2D eigenvalue weighted by atomic mass is 16.6. The van der Waals surface area contributed by atoms with Crippen molar-refractivity contribution in [2.45, 2.75) is 77.0 Å². The summed E-state index contributed by atoms with van der Waals surface area (Å²) >= 11 is 0. The molecule has 1 saturated carbocycles. The number of amides is 1. The Bertz CT molecular complexity index is 248. The van der Waals surface area contributed by atoms with Crippen molar-refractivity contribution in [3.63, 3.8) is 0 Å². The van der Waals surface area contributed by atoms with Gasteiger partial charge in [0.2, 0.25) is 0 Å². The molecule has 0 aromatic heterocycles. The maximum atomic E-state index is 11.6. The minimum Gasteiger partial charge on any atom is -0.444 e. The van der Waals surface area contributed by atoms with E-state index in [2.05, 4.69) is 5.32 Å². The summed E-state index contributed by atoms with van der Waals surface area (Å²) in [6.07, 6.45) is 5.17. The Morgan fingerprint density at radius 3 is 2.35 bits per heavy atom. The van der Waals surface area contributed by atoms with Crippen LogP contribution in [-0.4, -0.2) is 28.9 Å². The Morgan fingerprint density at radius 2 is 1.76 bits per heavy atom. The van der Waals surface area contributed by atoms with Crippen LogP contribution in [-0.2, 0) is 4.74 Å². The molecule has 0 unspecified atom stereocenters. The topological polar surface area (TPSA) is 58.6 Å². The smallest absolute Gasteiger partial charge is 0.407 e. The minimum absolute atomic E-state index is 0.162. The van der Waals surface area contributed by atoms with Crippen molar-refractivity contribution in [2.24, 2.45) is 0 Å². The zero-order valence-corrected chi connectivity index (χ0v) is 11.2. The highest BCUT2D eigenvalue weighted by Crippen LogP contribution is 2.18. The second-order valence-electron chi connectivity index (χ2n) is 5.81. The van der Waals surface area contributed by atoms with Crippen LogP contribution in [0.5, 0.6) is 0 Å². The van der Waals surface area contributed by atoms with Gasteiger partial charge in [0.15, 0.2) is 0 Å². The van der Waals surface area contributed by atoms with E-state index < -0.39 is 17.8 Å². The van der Waals surface area contributed by atoms with Crippen molar-refractivity contribution in [3.05, 3.63) is 0 Å². The van der Waals surface area contributed by atoms with Crippen molar-refractivity contribution in [1.82, 2.24) is 5.32 Å². The van der Waals surface area contributed by atoms with Gasteiger partial charge in [-0.1, -0.05) is 25.7 Å². The van der Waals surface area contributed by atoms with Gasteiger partial charge in [0.05, 0.1) is 12.1 Å². The fourth-order valence-electron chi connectivity index (χ4n) is 2.09. The second-order valence-corrected chi connectivity index (χ2v) is 5.81. The summed E-state index contributed by atoms with van der Waals surface area (Å²) in [6, 6.07) is -0.162. The molecule has 1 rings (SSSR count). The van der Waals surface area contributed by atoms with E-state index in [1.807, 2.05) is 20.8 Å². The summed E-state index contributed by atoms with van der Waals surface area (Å²) in [5.74, 6) is 0. The number of ether oxygens (including phenoxy) is 1. The number of alkyl carbamates (subject to hydrolysis) is 1. The highest BCUT2D eigenvalue weighted by Gasteiger charge is 2.24. The van der Waals surface area contributed by atoms with Crippen LogP contribution in [0.4, 0.5) is 4.79 Å². The van der Waals surface area contributed by atoms with Crippen LogP contribution < -0.4 is 5.32 Å². The third kappa shape index (κ3) is 5.91. The van der Waals surface area contributed by atoms with Crippen LogP contribution in [0.1, 0.15) is 59.3 Å². The maximum Gasteiger partial charge on any atom is 0.407 e. The second kappa shape index (κ2) is 6.24. The molecule has 0 heterocycles. The molecule has 2 atom stereocenters. The van der Waals surface area contributed by atoms with Crippen LogP contribution in [0.15, 0.2) is 0 Å². The van der Waals surface area contributed by atoms with E-state index in [0.29, 0.717) is 0 Å². The first kappa shape index (κ1) is 14.3. The van der Waals surface area contributed by atoms with Crippen molar-refractivity contribution in [2.75, 3.05) is 0 Å². The number of nitrogens with one attached hydrogen (secondary N) is 1. The average Bonchev–Trinajstić information content (AvgIpc) is 2.15.